The summed E-state index contributed by atoms with van der Waals surface area (Å²) in [4.78, 5) is 12.4. The second-order valence-electron chi connectivity index (χ2n) is 6.17. The first-order valence-electron chi connectivity index (χ1n) is 7.12. The van der Waals surface area contributed by atoms with Gasteiger partial charge in [0.1, 0.15) is 0 Å². The normalized spacial score (nSPS) is 34.6. The lowest BCUT2D eigenvalue weighted by Crippen LogP contribution is -2.50. The number of hydrogen-bond donors (Lipinski definition) is 2. The van der Waals surface area contributed by atoms with E-state index in [-0.39, 0.29) is 17.4 Å². The van der Waals surface area contributed by atoms with Gasteiger partial charge in [0.25, 0.3) is 0 Å². The molecule has 3 atom stereocenters. The summed E-state index contributed by atoms with van der Waals surface area (Å²) in [6.07, 6.45) is 7.92. The third-order valence-corrected chi connectivity index (χ3v) is 4.69. The molecule has 2 saturated carbocycles. The lowest BCUT2D eigenvalue weighted by atomic mass is 9.83. The smallest absolute Gasteiger partial charge is 0.227 e. The van der Waals surface area contributed by atoms with E-state index in [4.69, 9.17) is 5.73 Å². The molecule has 2 aliphatic carbocycles. The lowest BCUT2D eigenvalue weighted by Gasteiger charge is -2.30. The number of amides is 1. The molecule has 0 radical (unpaired) electrons. The minimum atomic E-state index is -0.322. The summed E-state index contributed by atoms with van der Waals surface area (Å²) in [7, 11) is 0. The summed E-state index contributed by atoms with van der Waals surface area (Å²) in [6.45, 7) is 4.19. The molecule has 3 heteroatoms. The van der Waals surface area contributed by atoms with Crippen molar-refractivity contribution in [1.29, 1.82) is 0 Å². The van der Waals surface area contributed by atoms with Gasteiger partial charge in [-0.15, -0.1) is 0 Å². The molecule has 2 aliphatic rings. The number of nitrogens with two attached hydrogens (primary N) is 1. The molecule has 3 N–H and O–H groups in total. The summed E-state index contributed by atoms with van der Waals surface area (Å²) >= 11 is 0. The van der Waals surface area contributed by atoms with Crippen molar-refractivity contribution in [3.8, 4) is 0 Å². The van der Waals surface area contributed by atoms with Gasteiger partial charge in [-0.25, -0.2) is 0 Å². The van der Waals surface area contributed by atoms with E-state index < -0.39 is 0 Å². The number of hydrogen-bond acceptors (Lipinski definition) is 2. The van der Waals surface area contributed by atoms with Gasteiger partial charge in [-0.1, -0.05) is 26.2 Å². The molecular formula is C14H26N2O. The van der Waals surface area contributed by atoms with Gasteiger partial charge >= 0.3 is 0 Å². The second-order valence-corrected chi connectivity index (χ2v) is 6.17. The van der Waals surface area contributed by atoms with E-state index in [1.54, 1.807) is 0 Å². The predicted octanol–water partition coefficient (Wildman–Crippen LogP) is 2.20. The fraction of sp³-hybridized carbons (Fsp3) is 0.929. The standard InChI is InChI=1S/C14H26N2O/c1-3-11(9-10-6-7-10)16-13(17)14(2)8-4-5-12(14)15/h10-12H,3-9,15H2,1-2H3,(H,16,17). The zero-order valence-electron chi connectivity index (χ0n) is 11.2. The molecule has 1 amide bonds. The first-order chi connectivity index (χ1) is 8.06. The first-order valence-corrected chi connectivity index (χ1v) is 7.12. The number of rotatable bonds is 5. The minimum absolute atomic E-state index is 0.0425. The Hall–Kier alpha value is -0.570. The van der Waals surface area contributed by atoms with E-state index in [2.05, 4.69) is 12.2 Å². The third-order valence-electron chi connectivity index (χ3n) is 4.69. The molecule has 17 heavy (non-hydrogen) atoms. The molecule has 2 rings (SSSR count). The highest BCUT2D eigenvalue weighted by Crippen LogP contribution is 2.38. The molecule has 0 bridgehead atoms. The van der Waals surface area contributed by atoms with Crippen molar-refractivity contribution in [1.82, 2.24) is 5.32 Å². The van der Waals surface area contributed by atoms with Crippen LogP contribution in [0.4, 0.5) is 0 Å². The molecular weight excluding hydrogens is 212 g/mol. The van der Waals surface area contributed by atoms with Crippen molar-refractivity contribution < 1.29 is 4.79 Å². The Balaban J connectivity index is 1.89. The van der Waals surface area contributed by atoms with Crippen LogP contribution in [0.3, 0.4) is 0 Å². The average molecular weight is 238 g/mol. The highest BCUT2D eigenvalue weighted by atomic mass is 16.2. The van der Waals surface area contributed by atoms with Crippen LogP contribution in [0.5, 0.6) is 0 Å². The zero-order valence-corrected chi connectivity index (χ0v) is 11.2. The quantitative estimate of drug-likeness (QED) is 0.771. The lowest BCUT2D eigenvalue weighted by molar-refractivity contribution is -0.131. The van der Waals surface area contributed by atoms with Crippen molar-refractivity contribution in [2.24, 2.45) is 17.1 Å². The highest BCUT2D eigenvalue weighted by molar-refractivity contribution is 5.83. The van der Waals surface area contributed by atoms with Gasteiger partial charge in [-0.05, 0) is 38.5 Å². The van der Waals surface area contributed by atoms with Crippen LogP contribution in [0, 0.1) is 11.3 Å². The van der Waals surface area contributed by atoms with Gasteiger partial charge in [-0.2, -0.15) is 0 Å². The maximum atomic E-state index is 12.4. The third kappa shape index (κ3) is 2.82. The Morgan fingerprint density at radius 2 is 2.18 bits per heavy atom. The van der Waals surface area contributed by atoms with Gasteiger partial charge in [0.2, 0.25) is 5.91 Å². The van der Waals surface area contributed by atoms with Crippen LogP contribution >= 0.6 is 0 Å². The van der Waals surface area contributed by atoms with Gasteiger partial charge < -0.3 is 11.1 Å². The fourth-order valence-corrected chi connectivity index (χ4v) is 2.91. The Morgan fingerprint density at radius 1 is 1.47 bits per heavy atom. The van der Waals surface area contributed by atoms with Crippen molar-refractivity contribution in [3.05, 3.63) is 0 Å². The van der Waals surface area contributed by atoms with E-state index in [0.717, 1.165) is 38.0 Å². The van der Waals surface area contributed by atoms with Crippen LogP contribution in [0.1, 0.15) is 58.8 Å². The highest BCUT2D eigenvalue weighted by Gasteiger charge is 2.43. The van der Waals surface area contributed by atoms with Crippen molar-refractivity contribution in [2.45, 2.75) is 70.9 Å². The van der Waals surface area contributed by atoms with Gasteiger partial charge in [-0.3, -0.25) is 4.79 Å². The molecule has 98 valence electrons. The molecule has 0 aromatic heterocycles. The van der Waals surface area contributed by atoms with Gasteiger partial charge in [0, 0.05) is 12.1 Å². The summed E-state index contributed by atoms with van der Waals surface area (Å²) in [5.41, 5.74) is 5.76. The van der Waals surface area contributed by atoms with E-state index in [1.165, 1.54) is 12.8 Å². The van der Waals surface area contributed by atoms with Gasteiger partial charge in [0.15, 0.2) is 0 Å². The Kier molecular flexibility index (Phi) is 3.76. The van der Waals surface area contributed by atoms with E-state index in [1.807, 2.05) is 6.92 Å². The van der Waals surface area contributed by atoms with Crippen LogP contribution < -0.4 is 11.1 Å². The van der Waals surface area contributed by atoms with Crippen molar-refractivity contribution in [2.75, 3.05) is 0 Å². The molecule has 0 aromatic rings. The molecule has 0 aliphatic heterocycles. The van der Waals surface area contributed by atoms with Crippen molar-refractivity contribution >= 4 is 5.91 Å². The topological polar surface area (TPSA) is 55.1 Å². The largest absolute Gasteiger partial charge is 0.353 e. The van der Waals surface area contributed by atoms with Crippen LogP contribution in [-0.4, -0.2) is 18.0 Å². The number of nitrogens with one attached hydrogen (secondary N) is 1. The van der Waals surface area contributed by atoms with Crippen molar-refractivity contribution in [3.63, 3.8) is 0 Å². The Morgan fingerprint density at radius 3 is 2.65 bits per heavy atom. The van der Waals surface area contributed by atoms with Crippen LogP contribution in [0.2, 0.25) is 0 Å². The summed E-state index contributed by atoms with van der Waals surface area (Å²) < 4.78 is 0. The monoisotopic (exact) mass is 238 g/mol. The molecule has 0 saturated heterocycles. The maximum Gasteiger partial charge on any atom is 0.227 e. The summed E-state index contributed by atoms with van der Waals surface area (Å²) in [5, 5.41) is 3.23. The molecule has 3 nitrogen and oxygen atoms in total. The Labute approximate surface area is 105 Å². The van der Waals surface area contributed by atoms with Crippen LogP contribution in [0.15, 0.2) is 0 Å². The minimum Gasteiger partial charge on any atom is -0.353 e. The SMILES string of the molecule is CCC(CC1CC1)NC(=O)C1(C)CCCC1N. The Bertz CT molecular complexity index is 288. The zero-order chi connectivity index (χ0) is 12.5. The molecule has 3 unspecified atom stereocenters. The molecule has 0 heterocycles. The fourth-order valence-electron chi connectivity index (χ4n) is 2.91. The first kappa shape index (κ1) is 12.9. The number of carbonyl (C=O) groups excluding carboxylic acids is 1. The van der Waals surface area contributed by atoms with E-state index >= 15 is 0 Å². The van der Waals surface area contributed by atoms with Crippen LogP contribution in [-0.2, 0) is 4.79 Å². The molecule has 0 aromatic carbocycles. The van der Waals surface area contributed by atoms with E-state index in [9.17, 15) is 4.79 Å². The van der Waals surface area contributed by atoms with E-state index in [0.29, 0.717) is 6.04 Å². The van der Waals surface area contributed by atoms with Crippen LogP contribution in [0.25, 0.3) is 0 Å². The summed E-state index contributed by atoms with van der Waals surface area (Å²) in [5.74, 6) is 1.06. The molecule has 0 spiro atoms. The molecule has 2 fully saturated rings. The van der Waals surface area contributed by atoms with Gasteiger partial charge in [0.05, 0.1) is 5.41 Å². The average Bonchev–Trinajstić information content (AvgIpc) is 3.05. The maximum absolute atomic E-state index is 12.4. The predicted molar refractivity (Wildman–Crippen MR) is 69.5 cm³/mol. The number of carbonyl (C=O) groups is 1. The summed E-state index contributed by atoms with van der Waals surface area (Å²) in [6, 6.07) is 0.403. The second kappa shape index (κ2) is 4.97.